The summed E-state index contributed by atoms with van der Waals surface area (Å²) in [6, 6.07) is 3.45. The number of hydrogen-bond acceptors (Lipinski definition) is 3. The topological polar surface area (TPSA) is 41.6 Å². The number of carbonyl (C=O) groups is 1. The van der Waals surface area contributed by atoms with Crippen LogP contribution in [0.3, 0.4) is 0 Å². The molecule has 126 valence electrons. The van der Waals surface area contributed by atoms with Crippen LogP contribution in [0.4, 0.5) is 8.78 Å². The molecule has 2 fully saturated rings. The Kier molecular flexibility index (Phi) is 5.23. The monoisotopic (exact) mass is 324 g/mol. The molecule has 1 aliphatic heterocycles. The van der Waals surface area contributed by atoms with Gasteiger partial charge in [-0.15, -0.1) is 0 Å². The molecule has 1 aromatic carbocycles. The third kappa shape index (κ3) is 3.87. The van der Waals surface area contributed by atoms with Crippen molar-refractivity contribution in [1.82, 2.24) is 10.2 Å². The second-order valence-electron chi connectivity index (χ2n) is 6.20. The van der Waals surface area contributed by atoms with E-state index in [1.54, 1.807) is 4.90 Å². The Balaban J connectivity index is 1.80. The first-order chi connectivity index (χ1) is 11.1. The maximum absolute atomic E-state index is 14.0. The van der Waals surface area contributed by atoms with Gasteiger partial charge < -0.3 is 15.0 Å². The van der Waals surface area contributed by atoms with Crippen molar-refractivity contribution in [2.45, 2.75) is 44.4 Å². The van der Waals surface area contributed by atoms with Crippen molar-refractivity contribution in [2.24, 2.45) is 0 Å². The minimum absolute atomic E-state index is 0.0793. The van der Waals surface area contributed by atoms with Gasteiger partial charge in [-0.2, -0.15) is 0 Å². The average Bonchev–Trinajstić information content (AvgIpc) is 3.10. The summed E-state index contributed by atoms with van der Waals surface area (Å²) in [5, 5.41) is 3.14. The summed E-state index contributed by atoms with van der Waals surface area (Å²) in [6.07, 6.45) is 3.39. The number of hydrogen-bond donors (Lipinski definition) is 1. The number of amides is 1. The minimum Gasteiger partial charge on any atom is -0.366 e. The van der Waals surface area contributed by atoms with Crippen molar-refractivity contribution in [1.29, 1.82) is 0 Å². The average molecular weight is 324 g/mol. The molecule has 0 spiro atoms. The van der Waals surface area contributed by atoms with E-state index in [1.807, 2.05) is 0 Å². The number of halogens is 2. The summed E-state index contributed by atoms with van der Waals surface area (Å²) in [5.74, 6) is -1.10. The van der Waals surface area contributed by atoms with Gasteiger partial charge >= 0.3 is 0 Å². The van der Waals surface area contributed by atoms with Crippen molar-refractivity contribution in [3.8, 4) is 0 Å². The van der Waals surface area contributed by atoms with Crippen LogP contribution in [0.1, 0.15) is 31.2 Å². The molecule has 1 unspecified atom stereocenters. The van der Waals surface area contributed by atoms with E-state index in [0.29, 0.717) is 13.2 Å². The van der Waals surface area contributed by atoms with Crippen LogP contribution in [0, 0.1) is 11.6 Å². The molecule has 0 radical (unpaired) electrons. The molecular weight excluding hydrogens is 302 g/mol. The van der Waals surface area contributed by atoms with Crippen LogP contribution in [0.15, 0.2) is 18.2 Å². The van der Waals surface area contributed by atoms with E-state index >= 15 is 0 Å². The van der Waals surface area contributed by atoms with Crippen LogP contribution >= 0.6 is 0 Å². The Bertz CT molecular complexity index is 556. The molecule has 1 heterocycles. The summed E-state index contributed by atoms with van der Waals surface area (Å²) in [4.78, 5) is 14.5. The molecule has 0 aromatic heterocycles. The van der Waals surface area contributed by atoms with Gasteiger partial charge in [-0.1, -0.05) is 12.8 Å². The summed E-state index contributed by atoms with van der Waals surface area (Å²) < 4.78 is 33.0. The molecule has 0 bridgehead atoms. The predicted octanol–water partition coefficient (Wildman–Crippen LogP) is 2.22. The Morgan fingerprint density at radius 3 is 2.78 bits per heavy atom. The third-order valence-electron chi connectivity index (χ3n) is 4.60. The van der Waals surface area contributed by atoms with Gasteiger partial charge in [0.1, 0.15) is 17.7 Å². The van der Waals surface area contributed by atoms with Crippen LogP contribution < -0.4 is 5.32 Å². The Morgan fingerprint density at radius 2 is 2.09 bits per heavy atom. The van der Waals surface area contributed by atoms with Crippen molar-refractivity contribution in [3.63, 3.8) is 0 Å². The number of ether oxygens (including phenoxy) is 1. The number of benzene rings is 1. The largest absolute Gasteiger partial charge is 0.366 e. The van der Waals surface area contributed by atoms with Crippen LogP contribution in [-0.2, 0) is 16.1 Å². The van der Waals surface area contributed by atoms with Crippen molar-refractivity contribution in [3.05, 3.63) is 35.4 Å². The van der Waals surface area contributed by atoms with Gasteiger partial charge in [-0.05, 0) is 31.0 Å². The Morgan fingerprint density at radius 1 is 1.30 bits per heavy atom. The molecule has 1 amide bonds. The quantitative estimate of drug-likeness (QED) is 0.923. The molecule has 1 aliphatic carbocycles. The lowest BCUT2D eigenvalue weighted by molar-refractivity contribution is -0.148. The van der Waals surface area contributed by atoms with Gasteiger partial charge in [-0.25, -0.2) is 8.78 Å². The number of rotatable bonds is 4. The molecule has 1 saturated carbocycles. The smallest absolute Gasteiger partial charge is 0.253 e. The number of nitrogens with zero attached hydrogens (tertiary/aromatic N) is 1. The number of carbonyl (C=O) groups excluding carboxylic acids is 1. The lowest BCUT2D eigenvalue weighted by Crippen LogP contribution is -2.51. The van der Waals surface area contributed by atoms with E-state index in [0.717, 1.165) is 44.4 Å². The highest BCUT2D eigenvalue weighted by Crippen LogP contribution is 2.27. The molecule has 23 heavy (non-hydrogen) atoms. The van der Waals surface area contributed by atoms with E-state index in [1.165, 1.54) is 6.07 Å². The summed E-state index contributed by atoms with van der Waals surface area (Å²) in [6.45, 7) is 1.77. The lowest BCUT2D eigenvalue weighted by Gasteiger charge is -2.34. The maximum atomic E-state index is 14.0. The van der Waals surface area contributed by atoms with Crippen molar-refractivity contribution >= 4 is 5.91 Å². The number of nitrogens with one attached hydrogen (secondary N) is 1. The van der Waals surface area contributed by atoms with Gasteiger partial charge in [-0.3, -0.25) is 4.79 Å². The maximum Gasteiger partial charge on any atom is 0.253 e. The SMILES string of the molecule is O=C(C1CNCCO1)N(Cc1cc(F)ccc1F)C1CCCC1. The van der Waals surface area contributed by atoms with Crippen LogP contribution in [0.5, 0.6) is 0 Å². The second-order valence-corrected chi connectivity index (χ2v) is 6.20. The molecule has 1 saturated heterocycles. The van der Waals surface area contributed by atoms with E-state index in [9.17, 15) is 13.6 Å². The molecule has 1 aromatic rings. The second kappa shape index (κ2) is 7.36. The van der Waals surface area contributed by atoms with E-state index in [-0.39, 0.29) is 24.1 Å². The standard InChI is InChI=1S/C17H22F2N2O2/c18-13-5-6-15(19)12(9-13)11-21(14-3-1-2-4-14)17(22)16-10-20-7-8-23-16/h5-6,9,14,16,20H,1-4,7-8,10-11H2. The molecular formula is C17H22F2N2O2. The molecule has 4 nitrogen and oxygen atoms in total. The summed E-state index contributed by atoms with van der Waals surface area (Å²) >= 11 is 0. The van der Waals surface area contributed by atoms with Gasteiger partial charge in [0.05, 0.1) is 6.61 Å². The number of morpholine rings is 1. The summed E-state index contributed by atoms with van der Waals surface area (Å²) in [5.41, 5.74) is 0.217. The lowest BCUT2D eigenvalue weighted by atomic mass is 10.1. The van der Waals surface area contributed by atoms with E-state index in [2.05, 4.69) is 5.32 Å². The molecule has 2 aliphatic rings. The zero-order valence-electron chi connectivity index (χ0n) is 13.1. The zero-order valence-corrected chi connectivity index (χ0v) is 13.1. The predicted molar refractivity (Wildman–Crippen MR) is 81.8 cm³/mol. The molecule has 1 N–H and O–H groups in total. The van der Waals surface area contributed by atoms with Crippen molar-refractivity contribution in [2.75, 3.05) is 19.7 Å². The highest BCUT2D eigenvalue weighted by molar-refractivity contribution is 5.81. The zero-order chi connectivity index (χ0) is 16.2. The highest BCUT2D eigenvalue weighted by atomic mass is 19.1. The summed E-state index contributed by atoms with van der Waals surface area (Å²) in [7, 11) is 0. The highest BCUT2D eigenvalue weighted by Gasteiger charge is 2.33. The Hall–Kier alpha value is -1.53. The van der Waals surface area contributed by atoms with Gasteiger partial charge in [0.2, 0.25) is 0 Å². The van der Waals surface area contributed by atoms with Crippen LogP contribution in [-0.4, -0.2) is 42.6 Å². The first-order valence-electron chi connectivity index (χ1n) is 8.22. The fraction of sp³-hybridized carbons (Fsp3) is 0.588. The van der Waals surface area contributed by atoms with Crippen LogP contribution in [0.2, 0.25) is 0 Å². The fourth-order valence-corrected chi connectivity index (χ4v) is 3.36. The van der Waals surface area contributed by atoms with Crippen molar-refractivity contribution < 1.29 is 18.3 Å². The molecule has 3 rings (SSSR count). The van der Waals surface area contributed by atoms with Gasteiger partial charge in [0.25, 0.3) is 5.91 Å². The molecule has 1 atom stereocenters. The van der Waals surface area contributed by atoms with E-state index in [4.69, 9.17) is 4.74 Å². The normalized spacial score (nSPS) is 22.3. The van der Waals surface area contributed by atoms with Gasteiger partial charge in [0.15, 0.2) is 0 Å². The fourth-order valence-electron chi connectivity index (χ4n) is 3.36. The van der Waals surface area contributed by atoms with Gasteiger partial charge in [0, 0.05) is 31.2 Å². The third-order valence-corrected chi connectivity index (χ3v) is 4.60. The molecule has 6 heteroatoms. The Labute approximate surface area is 134 Å². The first-order valence-corrected chi connectivity index (χ1v) is 8.22. The minimum atomic E-state index is -0.541. The van der Waals surface area contributed by atoms with Crippen LogP contribution in [0.25, 0.3) is 0 Å². The first kappa shape index (κ1) is 16.3. The van der Waals surface area contributed by atoms with E-state index < -0.39 is 17.7 Å².